The molecule has 33 heavy (non-hydrogen) atoms. The summed E-state index contributed by atoms with van der Waals surface area (Å²) in [4.78, 5) is 13.1. The summed E-state index contributed by atoms with van der Waals surface area (Å²) in [5.41, 5.74) is 2.75. The molecular formula is C25H22Cl2N2O3S. The quantitative estimate of drug-likeness (QED) is 0.425. The molecule has 0 saturated carbocycles. The van der Waals surface area contributed by atoms with E-state index in [4.69, 9.17) is 23.2 Å². The molecule has 1 aliphatic heterocycles. The van der Waals surface area contributed by atoms with Gasteiger partial charge in [0, 0.05) is 22.4 Å². The summed E-state index contributed by atoms with van der Waals surface area (Å²) in [6.07, 6.45) is 0.299. The highest BCUT2D eigenvalue weighted by Crippen LogP contribution is 2.30. The maximum atomic E-state index is 12.9. The molecule has 1 amide bonds. The first-order chi connectivity index (χ1) is 15.8. The zero-order chi connectivity index (χ0) is 23.4. The van der Waals surface area contributed by atoms with Crippen LogP contribution in [-0.4, -0.2) is 37.3 Å². The summed E-state index contributed by atoms with van der Waals surface area (Å²) in [7, 11) is -3.49. The highest BCUT2D eigenvalue weighted by Gasteiger charge is 2.32. The van der Waals surface area contributed by atoms with Crippen LogP contribution in [0.3, 0.4) is 0 Å². The number of hydrogen-bond donors (Lipinski definition) is 0. The van der Waals surface area contributed by atoms with Gasteiger partial charge in [0.05, 0.1) is 22.9 Å². The van der Waals surface area contributed by atoms with Crippen LogP contribution in [-0.2, 0) is 14.6 Å². The van der Waals surface area contributed by atoms with Crippen LogP contribution in [0.4, 0.5) is 0 Å². The molecule has 170 valence electrons. The average molecular weight is 501 g/mol. The van der Waals surface area contributed by atoms with E-state index in [0.717, 1.165) is 16.8 Å². The van der Waals surface area contributed by atoms with Gasteiger partial charge in [0.1, 0.15) is 0 Å². The summed E-state index contributed by atoms with van der Waals surface area (Å²) >= 11 is 11.9. The van der Waals surface area contributed by atoms with E-state index in [-0.39, 0.29) is 35.3 Å². The minimum atomic E-state index is -3.49. The lowest BCUT2D eigenvalue weighted by molar-refractivity contribution is -0.130. The second-order valence-corrected chi connectivity index (χ2v) is 10.8. The first kappa shape index (κ1) is 23.5. The van der Waals surface area contributed by atoms with Crippen molar-refractivity contribution in [2.24, 2.45) is 5.10 Å². The average Bonchev–Trinajstić information content (AvgIpc) is 3.26. The molecule has 1 atom stereocenters. The predicted molar refractivity (Wildman–Crippen MR) is 132 cm³/mol. The molecule has 0 radical (unpaired) electrons. The largest absolute Gasteiger partial charge is 0.273 e. The van der Waals surface area contributed by atoms with Crippen molar-refractivity contribution in [3.63, 3.8) is 0 Å². The molecule has 0 bridgehead atoms. The highest BCUT2D eigenvalue weighted by atomic mass is 35.5. The number of rotatable bonds is 7. The lowest BCUT2D eigenvalue weighted by atomic mass is 9.91. The maximum absolute atomic E-state index is 12.9. The van der Waals surface area contributed by atoms with Gasteiger partial charge in [-0.2, -0.15) is 5.10 Å². The van der Waals surface area contributed by atoms with E-state index in [1.807, 2.05) is 42.5 Å². The van der Waals surface area contributed by atoms with Gasteiger partial charge in [0.15, 0.2) is 9.84 Å². The Morgan fingerprint density at radius 2 is 1.52 bits per heavy atom. The summed E-state index contributed by atoms with van der Waals surface area (Å²) in [6, 6.07) is 23.3. The summed E-state index contributed by atoms with van der Waals surface area (Å²) in [5, 5.41) is 7.18. The molecule has 0 fully saturated rings. The standard InChI is InChI=1S/C25H22Cl2N2O3S/c26-20-10-8-19(9-11-20)25-23(18-5-2-1-3-6-18)17-29(28-25)24(30)7-4-16-33(31,32)22-14-12-21(27)13-15-22/h1-3,5-6,8-15,23H,4,7,16-17H2. The number of carbonyl (C=O) groups excluding carboxylic acids is 1. The molecule has 1 heterocycles. The van der Waals surface area contributed by atoms with Crippen LogP contribution in [0.5, 0.6) is 0 Å². The van der Waals surface area contributed by atoms with Crippen molar-refractivity contribution in [2.45, 2.75) is 23.7 Å². The Hall–Kier alpha value is -2.67. The molecule has 3 aromatic carbocycles. The van der Waals surface area contributed by atoms with E-state index < -0.39 is 9.84 Å². The summed E-state index contributed by atoms with van der Waals surface area (Å²) in [6.45, 7) is 0.407. The Balaban J connectivity index is 1.47. The SMILES string of the molecule is O=C(CCCS(=O)(=O)c1ccc(Cl)cc1)N1CC(c2ccccc2)C(c2ccc(Cl)cc2)=N1. The molecule has 5 nitrogen and oxygen atoms in total. The lowest BCUT2D eigenvalue weighted by Gasteiger charge is -2.15. The van der Waals surface area contributed by atoms with Gasteiger partial charge in [-0.3, -0.25) is 4.79 Å². The van der Waals surface area contributed by atoms with Crippen LogP contribution < -0.4 is 0 Å². The molecule has 0 N–H and O–H groups in total. The number of hydrazone groups is 1. The molecule has 8 heteroatoms. The second-order valence-electron chi connectivity index (χ2n) is 7.81. The van der Waals surface area contributed by atoms with Crippen LogP contribution in [0.2, 0.25) is 10.0 Å². The van der Waals surface area contributed by atoms with Crippen molar-refractivity contribution in [1.82, 2.24) is 5.01 Å². The van der Waals surface area contributed by atoms with Crippen LogP contribution in [0, 0.1) is 0 Å². The minimum absolute atomic E-state index is 0.0749. The molecule has 0 aromatic heterocycles. The second kappa shape index (κ2) is 10.1. The fraction of sp³-hybridized carbons (Fsp3) is 0.200. The van der Waals surface area contributed by atoms with Crippen molar-refractivity contribution in [2.75, 3.05) is 12.3 Å². The summed E-state index contributed by atoms with van der Waals surface area (Å²) < 4.78 is 25.1. The van der Waals surface area contributed by atoms with Gasteiger partial charge in [-0.25, -0.2) is 13.4 Å². The van der Waals surface area contributed by atoms with Crippen molar-refractivity contribution in [1.29, 1.82) is 0 Å². The van der Waals surface area contributed by atoms with Gasteiger partial charge in [-0.15, -0.1) is 0 Å². The smallest absolute Gasteiger partial charge is 0.242 e. The van der Waals surface area contributed by atoms with Crippen molar-refractivity contribution >= 4 is 44.7 Å². The Morgan fingerprint density at radius 3 is 2.15 bits per heavy atom. The first-order valence-electron chi connectivity index (χ1n) is 10.5. The van der Waals surface area contributed by atoms with Crippen molar-refractivity contribution in [3.05, 3.63) is 100 Å². The van der Waals surface area contributed by atoms with Crippen molar-refractivity contribution < 1.29 is 13.2 Å². The normalized spacial score (nSPS) is 16.0. The zero-order valence-corrected chi connectivity index (χ0v) is 20.0. The van der Waals surface area contributed by atoms with Crippen LogP contribution in [0.1, 0.15) is 29.9 Å². The third-order valence-corrected chi connectivity index (χ3v) is 7.84. The molecule has 1 aliphatic rings. The van der Waals surface area contributed by atoms with Crippen LogP contribution >= 0.6 is 23.2 Å². The van der Waals surface area contributed by atoms with E-state index >= 15 is 0 Å². The maximum Gasteiger partial charge on any atom is 0.242 e. The minimum Gasteiger partial charge on any atom is -0.273 e. The topological polar surface area (TPSA) is 66.8 Å². The van der Waals surface area contributed by atoms with E-state index in [9.17, 15) is 13.2 Å². The van der Waals surface area contributed by atoms with Gasteiger partial charge in [0.25, 0.3) is 0 Å². The number of nitrogens with zero attached hydrogens (tertiary/aromatic N) is 2. The number of halogens is 2. The molecule has 3 aromatic rings. The number of amides is 1. The zero-order valence-electron chi connectivity index (χ0n) is 17.7. The molecule has 0 aliphatic carbocycles. The molecule has 0 spiro atoms. The fourth-order valence-electron chi connectivity index (χ4n) is 3.79. The molecular weight excluding hydrogens is 479 g/mol. The van der Waals surface area contributed by atoms with Gasteiger partial charge < -0.3 is 0 Å². The van der Waals surface area contributed by atoms with E-state index in [0.29, 0.717) is 16.6 Å². The number of benzene rings is 3. The van der Waals surface area contributed by atoms with Crippen molar-refractivity contribution in [3.8, 4) is 0 Å². The third kappa shape index (κ3) is 5.64. The number of carbonyl (C=O) groups is 1. The Kier molecular flexibility index (Phi) is 7.17. The van der Waals surface area contributed by atoms with Crippen LogP contribution in [0.15, 0.2) is 88.9 Å². The molecule has 4 rings (SSSR count). The monoisotopic (exact) mass is 500 g/mol. The van der Waals surface area contributed by atoms with Gasteiger partial charge >= 0.3 is 0 Å². The van der Waals surface area contributed by atoms with Crippen LogP contribution in [0.25, 0.3) is 0 Å². The summed E-state index contributed by atoms with van der Waals surface area (Å²) in [5.74, 6) is -0.398. The van der Waals surface area contributed by atoms with E-state index in [1.165, 1.54) is 17.1 Å². The van der Waals surface area contributed by atoms with Gasteiger partial charge in [-0.05, 0) is 53.9 Å². The Bertz CT molecular complexity index is 1260. The molecule has 0 saturated heterocycles. The number of hydrogen-bond acceptors (Lipinski definition) is 4. The highest BCUT2D eigenvalue weighted by molar-refractivity contribution is 7.91. The van der Waals surface area contributed by atoms with Gasteiger partial charge in [0.2, 0.25) is 5.91 Å². The number of sulfone groups is 1. The first-order valence-corrected chi connectivity index (χ1v) is 12.9. The third-order valence-electron chi connectivity index (χ3n) is 5.52. The predicted octanol–water partition coefficient (Wildman–Crippen LogP) is 5.58. The van der Waals surface area contributed by atoms with Gasteiger partial charge in [-0.1, -0.05) is 65.7 Å². The molecule has 1 unspecified atom stereocenters. The van der Waals surface area contributed by atoms with E-state index in [1.54, 1.807) is 24.3 Å². The Morgan fingerprint density at radius 1 is 0.909 bits per heavy atom. The Labute approximate surface area is 203 Å². The fourth-order valence-corrected chi connectivity index (χ4v) is 5.35. The van der Waals surface area contributed by atoms with E-state index in [2.05, 4.69) is 5.10 Å². The lowest BCUT2D eigenvalue weighted by Crippen LogP contribution is -2.26.